The van der Waals surface area contributed by atoms with Crippen LogP contribution >= 0.6 is 0 Å². The molecule has 1 aromatic carbocycles. The van der Waals surface area contributed by atoms with Gasteiger partial charge in [0, 0.05) is 29.6 Å². The van der Waals surface area contributed by atoms with Crippen LogP contribution in [0.3, 0.4) is 0 Å². The normalized spacial score (nSPS) is 11.1. The van der Waals surface area contributed by atoms with Gasteiger partial charge in [-0.05, 0) is 6.92 Å². The number of anilines is 1. The molecule has 4 N–H and O–H groups in total. The van der Waals surface area contributed by atoms with Gasteiger partial charge in [-0.3, -0.25) is 9.78 Å². The van der Waals surface area contributed by atoms with Crippen molar-refractivity contribution >= 4 is 17.6 Å². The third-order valence-electron chi connectivity index (χ3n) is 3.02. The summed E-state index contributed by atoms with van der Waals surface area (Å²) in [6.07, 6.45) is 0. The largest absolute Gasteiger partial charge is 0.493 e. The molecule has 0 aliphatic rings. The average molecular weight is 333 g/mol. The molecule has 2 aromatic rings. The lowest BCUT2D eigenvalue weighted by molar-refractivity contribution is 0.324. The van der Waals surface area contributed by atoms with Crippen LogP contribution < -0.4 is 30.8 Å². The molecule has 9 nitrogen and oxygen atoms in total. The Morgan fingerprint density at radius 1 is 1.17 bits per heavy atom. The van der Waals surface area contributed by atoms with Crippen LogP contribution in [0, 0.1) is 6.92 Å². The van der Waals surface area contributed by atoms with E-state index < -0.39 is 0 Å². The van der Waals surface area contributed by atoms with Crippen molar-refractivity contribution in [2.75, 3.05) is 26.6 Å². The van der Waals surface area contributed by atoms with Gasteiger partial charge in [0.1, 0.15) is 0 Å². The van der Waals surface area contributed by atoms with Crippen molar-refractivity contribution in [2.45, 2.75) is 6.92 Å². The molecule has 24 heavy (non-hydrogen) atoms. The summed E-state index contributed by atoms with van der Waals surface area (Å²) in [6, 6.07) is 4.72. The fraction of sp³-hybridized carbons (Fsp3) is 0.267. The molecule has 128 valence electrons. The van der Waals surface area contributed by atoms with E-state index in [0.29, 0.717) is 28.6 Å². The van der Waals surface area contributed by atoms with E-state index in [1.165, 1.54) is 27.4 Å². The molecule has 1 heterocycles. The maximum atomic E-state index is 11.4. The van der Waals surface area contributed by atoms with Gasteiger partial charge in [0.15, 0.2) is 11.5 Å². The monoisotopic (exact) mass is 333 g/mol. The molecule has 0 aliphatic heterocycles. The highest BCUT2D eigenvalue weighted by Gasteiger charge is 2.13. The third-order valence-corrected chi connectivity index (χ3v) is 3.02. The summed E-state index contributed by atoms with van der Waals surface area (Å²) in [7, 11) is 4.54. The quantitative estimate of drug-likeness (QED) is 0.554. The zero-order valence-corrected chi connectivity index (χ0v) is 13.8. The van der Waals surface area contributed by atoms with Crippen LogP contribution in [0.15, 0.2) is 28.0 Å². The number of aromatic nitrogens is 2. The average Bonchev–Trinajstić information content (AvgIpc) is 2.52. The van der Waals surface area contributed by atoms with E-state index in [4.69, 9.17) is 19.9 Å². The second kappa shape index (κ2) is 7.36. The van der Waals surface area contributed by atoms with Gasteiger partial charge in [0.25, 0.3) is 5.56 Å². The summed E-state index contributed by atoms with van der Waals surface area (Å²) in [5.41, 5.74) is 6.66. The standard InChI is InChI=1S/C15H19N5O4/c1-8-5-12(21)19-15(17-8)20-14(16)18-9-6-10(22-2)13(24-4)11(7-9)23-3/h5-7H,1-4H3,(H4,16,17,18,19,20,21). The lowest BCUT2D eigenvalue weighted by Gasteiger charge is -2.14. The van der Waals surface area contributed by atoms with Crippen LogP contribution in [0.5, 0.6) is 17.2 Å². The first-order chi connectivity index (χ1) is 11.5. The van der Waals surface area contributed by atoms with Crippen LogP contribution in [0.1, 0.15) is 5.69 Å². The number of nitrogens with two attached hydrogens (primary N) is 1. The van der Waals surface area contributed by atoms with Crippen LogP contribution in [-0.2, 0) is 0 Å². The number of benzene rings is 1. The molecule has 0 aliphatic carbocycles. The van der Waals surface area contributed by atoms with Gasteiger partial charge in [-0.15, -0.1) is 0 Å². The van der Waals surface area contributed by atoms with Crippen molar-refractivity contribution in [1.29, 1.82) is 0 Å². The van der Waals surface area contributed by atoms with E-state index in [-0.39, 0.29) is 17.5 Å². The molecule has 0 saturated heterocycles. The van der Waals surface area contributed by atoms with Crippen molar-refractivity contribution in [3.8, 4) is 17.2 Å². The number of guanidine groups is 1. The maximum Gasteiger partial charge on any atom is 0.252 e. The van der Waals surface area contributed by atoms with Gasteiger partial charge >= 0.3 is 0 Å². The predicted molar refractivity (Wildman–Crippen MR) is 90.6 cm³/mol. The molecular formula is C15H19N5O4. The molecule has 0 bridgehead atoms. The van der Waals surface area contributed by atoms with Crippen LogP contribution in [0.2, 0.25) is 0 Å². The summed E-state index contributed by atoms with van der Waals surface area (Å²) in [4.78, 5) is 22.0. The number of aromatic amines is 1. The molecular weight excluding hydrogens is 314 g/mol. The smallest absolute Gasteiger partial charge is 0.252 e. The highest BCUT2D eigenvalue weighted by molar-refractivity contribution is 5.94. The Bertz CT molecular complexity index is 791. The highest BCUT2D eigenvalue weighted by Crippen LogP contribution is 2.39. The Kier molecular flexibility index (Phi) is 5.25. The number of hydrogen-bond acceptors (Lipinski definition) is 6. The number of H-pyrrole nitrogens is 1. The number of rotatable bonds is 5. The number of nitrogens with zero attached hydrogens (tertiary/aromatic N) is 2. The first kappa shape index (κ1) is 17.1. The Morgan fingerprint density at radius 2 is 1.79 bits per heavy atom. The molecule has 0 fully saturated rings. The number of hydrogen-bond donors (Lipinski definition) is 3. The number of aliphatic imine (C=N–C) groups is 1. The topological polar surface area (TPSA) is 124 Å². The fourth-order valence-corrected chi connectivity index (χ4v) is 2.06. The maximum absolute atomic E-state index is 11.4. The van der Waals surface area contributed by atoms with E-state index >= 15 is 0 Å². The summed E-state index contributed by atoms with van der Waals surface area (Å²) < 4.78 is 15.8. The second-order valence-corrected chi connectivity index (χ2v) is 4.75. The first-order valence-electron chi connectivity index (χ1n) is 6.96. The fourth-order valence-electron chi connectivity index (χ4n) is 2.06. The van der Waals surface area contributed by atoms with Gasteiger partial charge in [-0.25, -0.2) is 4.98 Å². The Balaban J connectivity index is 2.32. The molecule has 0 saturated carbocycles. The van der Waals surface area contributed by atoms with Gasteiger partial charge in [-0.2, -0.15) is 4.99 Å². The number of nitrogens with one attached hydrogen (secondary N) is 2. The zero-order chi connectivity index (χ0) is 17.7. The van der Waals surface area contributed by atoms with Crippen molar-refractivity contribution in [1.82, 2.24) is 9.97 Å². The van der Waals surface area contributed by atoms with E-state index in [2.05, 4.69) is 20.3 Å². The van der Waals surface area contributed by atoms with Gasteiger partial charge in [0.2, 0.25) is 17.7 Å². The van der Waals surface area contributed by atoms with E-state index in [1.807, 2.05) is 0 Å². The minimum Gasteiger partial charge on any atom is -0.493 e. The second-order valence-electron chi connectivity index (χ2n) is 4.75. The molecule has 0 spiro atoms. The van der Waals surface area contributed by atoms with Crippen LogP contribution in [-0.4, -0.2) is 37.3 Å². The van der Waals surface area contributed by atoms with E-state index in [1.54, 1.807) is 19.1 Å². The summed E-state index contributed by atoms with van der Waals surface area (Å²) in [5.74, 6) is 1.55. The number of aryl methyl sites for hydroxylation is 1. The van der Waals surface area contributed by atoms with Crippen molar-refractivity contribution < 1.29 is 14.2 Å². The molecule has 9 heteroatoms. The molecule has 0 amide bonds. The predicted octanol–water partition coefficient (Wildman–Crippen LogP) is 1.16. The Hall–Kier alpha value is -3.23. The Labute approximate surface area is 138 Å². The van der Waals surface area contributed by atoms with Crippen LogP contribution in [0.4, 0.5) is 11.6 Å². The molecule has 1 aromatic heterocycles. The van der Waals surface area contributed by atoms with Crippen molar-refractivity contribution in [3.05, 3.63) is 34.2 Å². The van der Waals surface area contributed by atoms with Crippen molar-refractivity contribution in [3.63, 3.8) is 0 Å². The summed E-state index contributed by atoms with van der Waals surface area (Å²) in [6.45, 7) is 1.69. The lowest BCUT2D eigenvalue weighted by atomic mass is 10.2. The summed E-state index contributed by atoms with van der Waals surface area (Å²) >= 11 is 0. The summed E-state index contributed by atoms with van der Waals surface area (Å²) in [5, 5.41) is 2.88. The third kappa shape index (κ3) is 3.94. The Morgan fingerprint density at radius 3 is 2.29 bits per heavy atom. The first-order valence-corrected chi connectivity index (χ1v) is 6.96. The SMILES string of the molecule is COc1cc(N/C(N)=N/c2nc(C)cc(=O)[nH]2)cc(OC)c1OC. The van der Waals surface area contributed by atoms with Crippen molar-refractivity contribution in [2.24, 2.45) is 10.7 Å². The number of ether oxygens (including phenoxy) is 3. The minimum absolute atomic E-state index is 0.0398. The van der Waals surface area contributed by atoms with Gasteiger partial charge in [-0.1, -0.05) is 0 Å². The number of methoxy groups -OCH3 is 3. The lowest BCUT2D eigenvalue weighted by Crippen LogP contribution is -2.22. The van der Waals surface area contributed by atoms with E-state index in [9.17, 15) is 4.79 Å². The highest BCUT2D eigenvalue weighted by atomic mass is 16.5. The van der Waals surface area contributed by atoms with Gasteiger partial charge in [0.05, 0.1) is 21.3 Å². The van der Waals surface area contributed by atoms with Gasteiger partial charge < -0.3 is 25.3 Å². The zero-order valence-electron chi connectivity index (χ0n) is 13.8. The molecule has 0 atom stereocenters. The molecule has 2 rings (SSSR count). The van der Waals surface area contributed by atoms with Crippen LogP contribution in [0.25, 0.3) is 0 Å². The minimum atomic E-state index is -0.304. The molecule has 0 radical (unpaired) electrons. The molecule has 0 unspecified atom stereocenters. The van der Waals surface area contributed by atoms with E-state index in [0.717, 1.165) is 0 Å².